The SMILES string of the molecule is COC(=O)c1ccc(CN2C(=O)N/C(=C\c3ccc(O[C@H](C)C(=O)O)c(I)c3)C2=O)o1. The van der Waals surface area contributed by atoms with E-state index < -0.39 is 30.0 Å². The molecule has 1 aliphatic rings. The van der Waals surface area contributed by atoms with Gasteiger partial charge in [-0.25, -0.2) is 14.4 Å². The number of nitrogens with zero attached hydrogens (tertiary/aromatic N) is 1. The number of aliphatic carboxylic acids is 1. The predicted molar refractivity (Wildman–Crippen MR) is 114 cm³/mol. The Hall–Kier alpha value is -3.35. The molecule has 0 unspecified atom stereocenters. The standard InChI is InChI=1S/C20H17IN2O8/c1-10(18(25)26)30-15-5-3-11(7-13(15)21)8-14-17(24)23(20(28)22-14)9-12-4-6-16(31-12)19(27)29-2/h3-8,10H,9H2,1-2H3,(H,22,28)(H,25,26)/b14-8-/t10-/m1/s1. The molecule has 1 fully saturated rings. The zero-order valence-electron chi connectivity index (χ0n) is 16.4. The van der Waals surface area contributed by atoms with Gasteiger partial charge in [0.25, 0.3) is 5.91 Å². The second kappa shape index (κ2) is 9.20. The first kappa shape index (κ1) is 22.3. The van der Waals surface area contributed by atoms with Crippen LogP contribution < -0.4 is 10.1 Å². The molecular weight excluding hydrogens is 523 g/mol. The van der Waals surface area contributed by atoms with E-state index in [9.17, 15) is 19.2 Å². The maximum atomic E-state index is 12.6. The number of carbonyl (C=O) groups excluding carboxylic acids is 3. The number of imide groups is 1. The van der Waals surface area contributed by atoms with Gasteiger partial charge in [-0.3, -0.25) is 9.69 Å². The number of carboxylic acid groups (broad SMARTS) is 1. The van der Waals surface area contributed by atoms with Crippen molar-refractivity contribution >= 4 is 52.5 Å². The van der Waals surface area contributed by atoms with Crippen molar-refractivity contribution in [2.45, 2.75) is 19.6 Å². The summed E-state index contributed by atoms with van der Waals surface area (Å²) < 4.78 is 15.9. The topological polar surface area (TPSA) is 135 Å². The predicted octanol–water partition coefficient (Wildman–Crippen LogP) is 2.62. The highest BCUT2D eigenvalue weighted by Crippen LogP contribution is 2.25. The molecule has 11 heteroatoms. The summed E-state index contributed by atoms with van der Waals surface area (Å²) in [6.45, 7) is 1.26. The Kier molecular flexibility index (Phi) is 6.63. The van der Waals surface area contributed by atoms with E-state index in [2.05, 4.69) is 10.1 Å². The Morgan fingerprint density at radius 1 is 1.29 bits per heavy atom. The summed E-state index contributed by atoms with van der Waals surface area (Å²) in [7, 11) is 1.21. The number of urea groups is 1. The molecule has 31 heavy (non-hydrogen) atoms. The van der Waals surface area contributed by atoms with Gasteiger partial charge in [-0.2, -0.15) is 0 Å². The van der Waals surface area contributed by atoms with Crippen LogP contribution >= 0.6 is 22.6 Å². The summed E-state index contributed by atoms with van der Waals surface area (Å²) in [5.74, 6) is -1.71. The molecule has 2 heterocycles. The molecular formula is C20H17IN2O8. The molecule has 0 spiro atoms. The maximum absolute atomic E-state index is 12.6. The minimum atomic E-state index is -1.09. The van der Waals surface area contributed by atoms with Crippen molar-refractivity contribution < 1.29 is 38.2 Å². The van der Waals surface area contributed by atoms with E-state index in [4.69, 9.17) is 14.3 Å². The van der Waals surface area contributed by atoms with E-state index in [0.29, 0.717) is 14.9 Å². The first-order valence-electron chi connectivity index (χ1n) is 8.90. The molecule has 2 aromatic rings. The van der Waals surface area contributed by atoms with Crippen LogP contribution in [0.3, 0.4) is 0 Å². The van der Waals surface area contributed by atoms with Crippen LogP contribution in [0.15, 0.2) is 40.4 Å². The number of hydrogen-bond acceptors (Lipinski definition) is 7. The van der Waals surface area contributed by atoms with Gasteiger partial charge >= 0.3 is 18.0 Å². The average Bonchev–Trinajstić information content (AvgIpc) is 3.30. The molecule has 0 saturated carbocycles. The van der Waals surface area contributed by atoms with Gasteiger partial charge in [-0.15, -0.1) is 0 Å². The smallest absolute Gasteiger partial charge is 0.373 e. The van der Waals surface area contributed by atoms with Crippen molar-refractivity contribution in [2.24, 2.45) is 0 Å². The quantitative estimate of drug-likeness (QED) is 0.237. The molecule has 2 N–H and O–H groups in total. The molecule has 1 aromatic carbocycles. The number of rotatable bonds is 7. The van der Waals surface area contributed by atoms with Crippen molar-refractivity contribution in [1.29, 1.82) is 0 Å². The number of hydrogen-bond donors (Lipinski definition) is 2. The van der Waals surface area contributed by atoms with Gasteiger partial charge in [0, 0.05) is 0 Å². The summed E-state index contributed by atoms with van der Waals surface area (Å²) >= 11 is 1.99. The number of carboxylic acids is 1. The van der Waals surface area contributed by atoms with Gasteiger partial charge < -0.3 is 24.3 Å². The van der Waals surface area contributed by atoms with E-state index in [1.165, 1.54) is 32.2 Å². The highest BCUT2D eigenvalue weighted by molar-refractivity contribution is 14.1. The van der Waals surface area contributed by atoms with Crippen LogP contribution in [-0.4, -0.2) is 47.1 Å². The Bertz CT molecular complexity index is 1090. The molecule has 1 aromatic heterocycles. The number of esters is 1. The lowest BCUT2D eigenvalue weighted by Gasteiger charge is -2.12. The Morgan fingerprint density at radius 3 is 2.68 bits per heavy atom. The molecule has 1 aliphatic heterocycles. The van der Waals surface area contributed by atoms with E-state index >= 15 is 0 Å². The van der Waals surface area contributed by atoms with Crippen molar-refractivity contribution in [3.05, 3.63) is 56.7 Å². The zero-order chi connectivity index (χ0) is 22.7. The van der Waals surface area contributed by atoms with E-state index in [1.807, 2.05) is 22.6 Å². The monoisotopic (exact) mass is 540 g/mol. The summed E-state index contributed by atoms with van der Waals surface area (Å²) in [6.07, 6.45) is 0.484. The zero-order valence-corrected chi connectivity index (χ0v) is 18.5. The molecule has 0 aliphatic carbocycles. The van der Waals surface area contributed by atoms with Gasteiger partial charge in [-0.1, -0.05) is 6.07 Å². The largest absolute Gasteiger partial charge is 0.479 e. The van der Waals surface area contributed by atoms with E-state index in [1.54, 1.807) is 18.2 Å². The highest BCUT2D eigenvalue weighted by Gasteiger charge is 2.34. The number of ether oxygens (including phenoxy) is 2. The summed E-state index contributed by atoms with van der Waals surface area (Å²) in [4.78, 5) is 48.2. The molecule has 3 rings (SSSR count). The molecule has 3 amide bonds. The van der Waals surface area contributed by atoms with Gasteiger partial charge in [0.1, 0.15) is 17.2 Å². The van der Waals surface area contributed by atoms with E-state index in [0.717, 1.165) is 4.90 Å². The van der Waals surface area contributed by atoms with Crippen LogP contribution in [0.25, 0.3) is 6.08 Å². The first-order valence-corrected chi connectivity index (χ1v) is 9.98. The Balaban J connectivity index is 1.74. The Morgan fingerprint density at radius 2 is 2.03 bits per heavy atom. The van der Waals surface area contributed by atoms with Crippen molar-refractivity contribution in [1.82, 2.24) is 10.2 Å². The van der Waals surface area contributed by atoms with Gasteiger partial charge in [0.15, 0.2) is 6.10 Å². The fourth-order valence-corrected chi connectivity index (χ4v) is 3.32. The summed E-state index contributed by atoms with van der Waals surface area (Å²) in [5.41, 5.74) is 0.671. The number of amides is 3. The van der Waals surface area contributed by atoms with E-state index in [-0.39, 0.29) is 23.8 Å². The summed E-state index contributed by atoms with van der Waals surface area (Å²) in [5, 5.41) is 11.5. The number of carbonyl (C=O) groups is 4. The maximum Gasteiger partial charge on any atom is 0.373 e. The third-order valence-corrected chi connectivity index (χ3v) is 5.09. The van der Waals surface area contributed by atoms with Crippen LogP contribution in [0.1, 0.15) is 28.8 Å². The fraction of sp³-hybridized carbons (Fsp3) is 0.200. The first-order chi connectivity index (χ1) is 14.7. The average molecular weight is 540 g/mol. The molecule has 1 atom stereocenters. The van der Waals surface area contributed by atoms with Gasteiger partial charge in [-0.05, 0) is 65.4 Å². The normalized spacial score (nSPS) is 15.7. The highest BCUT2D eigenvalue weighted by atomic mass is 127. The molecule has 0 bridgehead atoms. The molecule has 1 saturated heterocycles. The fourth-order valence-electron chi connectivity index (χ4n) is 2.65. The van der Waals surface area contributed by atoms with Crippen LogP contribution in [0.2, 0.25) is 0 Å². The third kappa shape index (κ3) is 5.05. The molecule has 0 radical (unpaired) electrons. The third-order valence-electron chi connectivity index (χ3n) is 4.24. The number of furan rings is 1. The second-order valence-electron chi connectivity index (χ2n) is 6.43. The number of nitrogens with one attached hydrogen (secondary N) is 1. The lowest BCUT2D eigenvalue weighted by Crippen LogP contribution is -2.30. The lowest BCUT2D eigenvalue weighted by molar-refractivity contribution is -0.144. The number of methoxy groups -OCH3 is 1. The second-order valence-corrected chi connectivity index (χ2v) is 7.59. The van der Waals surface area contributed by atoms with Crippen molar-refractivity contribution in [2.75, 3.05) is 7.11 Å². The summed E-state index contributed by atoms with van der Waals surface area (Å²) in [6, 6.07) is 7.16. The van der Waals surface area contributed by atoms with Crippen LogP contribution in [-0.2, 0) is 20.9 Å². The molecule has 162 valence electrons. The lowest BCUT2D eigenvalue weighted by atomic mass is 10.2. The minimum absolute atomic E-state index is 0.0329. The minimum Gasteiger partial charge on any atom is -0.479 e. The molecule has 10 nitrogen and oxygen atoms in total. The van der Waals surface area contributed by atoms with Crippen LogP contribution in [0.5, 0.6) is 5.75 Å². The van der Waals surface area contributed by atoms with Crippen molar-refractivity contribution in [3.8, 4) is 5.75 Å². The van der Waals surface area contributed by atoms with Gasteiger partial charge in [0.05, 0.1) is 17.2 Å². The number of benzene rings is 1. The van der Waals surface area contributed by atoms with Crippen LogP contribution in [0.4, 0.5) is 4.79 Å². The van der Waals surface area contributed by atoms with Crippen molar-refractivity contribution in [3.63, 3.8) is 0 Å². The Labute approximate surface area is 189 Å². The van der Waals surface area contributed by atoms with Crippen LogP contribution in [0, 0.1) is 3.57 Å². The number of halogens is 1. The van der Waals surface area contributed by atoms with Gasteiger partial charge in [0.2, 0.25) is 5.76 Å².